The van der Waals surface area contributed by atoms with Crippen LogP contribution in [-0.2, 0) is 16.0 Å². The van der Waals surface area contributed by atoms with Gasteiger partial charge in [-0.1, -0.05) is 44.2 Å². The molecule has 2 amide bonds. The van der Waals surface area contributed by atoms with Crippen LogP contribution in [0, 0.1) is 5.92 Å². The third kappa shape index (κ3) is 6.54. The molecular weight excluding hydrogens is 410 g/mol. The molecule has 2 N–H and O–H groups in total. The Morgan fingerprint density at radius 3 is 2.09 bits per heavy atom. The molecule has 0 unspecified atom stereocenters. The van der Waals surface area contributed by atoms with Crippen LogP contribution in [0.3, 0.4) is 0 Å². The Kier molecular flexibility index (Phi) is 8.75. The monoisotopic (exact) mass is 441 g/mol. The van der Waals surface area contributed by atoms with Crippen LogP contribution in [0.5, 0.6) is 0 Å². The number of pyridine rings is 1. The Labute approximate surface area is 188 Å². The number of carbonyl (C=O) groups is 3. The van der Waals surface area contributed by atoms with Crippen LogP contribution in [-0.4, -0.2) is 42.0 Å². The molecule has 1 heterocycles. The van der Waals surface area contributed by atoms with Crippen molar-refractivity contribution >= 4 is 17.8 Å². The minimum Gasteiger partial charge on any atom is -0.467 e. The van der Waals surface area contributed by atoms with Crippen LogP contribution in [0.1, 0.15) is 60.0 Å². The van der Waals surface area contributed by atoms with Crippen molar-refractivity contribution in [3.05, 3.63) is 69.6 Å². The van der Waals surface area contributed by atoms with E-state index < -0.39 is 29.3 Å². The summed E-state index contributed by atoms with van der Waals surface area (Å²) < 4.78 is 6.46. The van der Waals surface area contributed by atoms with Gasteiger partial charge in [0.25, 0.3) is 11.8 Å². The first-order valence-electron chi connectivity index (χ1n) is 10.6. The molecule has 1 atom stereocenters. The molecule has 8 nitrogen and oxygen atoms in total. The first-order valence-corrected chi connectivity index (χ1v) is 10.6. The minimum absolute atomic E-state index is 0.0977. The molecule has 1 aromatic heterocycles. The summed E-state index contributed by atoms with van der Waals surface area (Å²) in [5.74, 6) is -1.70. The Bertz CT molecular complexity index is 1010. The van der Waals surface area contributed by atoms with E-state index in [-0.39, 0.29) is 29.5 Å². The van der Waals surface area contributed by atoms with Gasteiger partial charge in [-0.3, -0.25) is 14.4 Å². The van der Waals surface area contributed by atoms with Gasteiger partial charge in [-0.2, -0.15) is 0 Å². The number of hydrogen-bond donors (Lipinski definition) is 2. The molecule has 0 aliphatic rings. The molecule has 8 heteroatoms. The summed E-state index contributed by atoms with van der Waals surface area (Å²) in [7, 11) is 1.23. The topological polar surface area (TPSA) is 106 Å². The van der Waals surface area contributed by atoms with E-state index in [0.29, 0.717) is 6.54 Å². The van der Waals surface area contributed by atoms with Crippen molar-refractivity contribution in [3.8, 4) is 0 Å². The SMILES string of the molecule is COC(=O)[C@H](Cc1ccccc1)NC(=O)c1cn(C(C)C)cc(C(=O)NCC(C)C)c1=O. The van der Waals surface area contributed by atoms with Gasteiger partial charge in [-0.05, 0) is 25.3 Å². The number of nitrogens with zero attached hydrogens (tertiary/aromatic N) is 1. The Hall–Kier alpha value is -3.42. The lowest BCUT2D eigenvalue weighted by atomic mass is 10.0. The zero-order valence-corrected chi connectivity index (χ0v) is 19.2. The van der Waals surface area contributed by atoms with Crippen LogP contribution < -0.4 is 16.1 Å². The van der Waals surface area contributed by atoms with Gasteiger partial charge in [-0.15, -0.1) is 0 Å². The van der Waals surface area contributed by atoms with E-state index in [1.54, 1.807) is 4.57 Å². The molecule has 0 saturated heterocycles. The van der Waals surface area contributed by atoms with Crippen molar-refractivity contribution in [1.29, 1.82) is 0 Å². The highest BCUT2D eigenvalue weighted by Gasteiger charge is 2.26. The van der Waals surface area contributed by atoms with E-state index in [2.05, 4.69) is 10.6 Å². The summed E-state index contributed by atoms with van der Waals surface area (Å²) in [5, 5.41) is 5.31. The number of nitrogens with one attached hydrogen (secondary N) is 2. The summed E-state index contributed by atoms with van der Waals surface area (Å²) in [5.41, 5.74) is -0.198. The average molecular weight is 442 g/mol. The van der Waals surface area contributed by atoms with Crippen molar-refractivity contribution in [2.45, 2.75) is 46.2 Å². The Morgan fingerprint density at radius 1 is 0.969 bits per heavy atom. The number of rotatable bonds is 9. The molecule has 0 fully saturated rings. The number of benzene rings is 1. The largest absolute Gasteiger partial charge is 0.467 e. The molecule has 1 aromatic carbocycles. The summed E-state index contributed by atoms with van der Waals surface area (Å²) in [6, 6.07) is 8.07. The second kappa shape index (κ2) is 11.3. The highest BCUT2D eigenvalue weighted by Crippen LogP contribution is 2.09. The molecule has 0 aliphatic carbocycles. The number of ether oxygens (including phenoxy) is 1. The molecule has 0 radical (unpaired) electrons. The van der Waals surface area contributed by atoms with Crippen LogP contribution in [0.4, 0.5) is 0 Å². The van der Waals surface area contributed by atoms with Crippen molar-refractivity contribution in [3.63, 3.8) is 0 Å². The average Bonchev–Trinajstić information content (AvgIpc) is 2.76. The van der Waals surface area contributed by atoms with E-state index in [9.17, 15) is 19.2 Å². The fourth-order valence-electron chi connectivity index (χ4n) is 3.03. The fraction of sp³-hybridized carbons (Fsp3) is 0.417. The smallest absolute Gasteiger partial charge is 0.328 e. The molecular formula is C24H31N3O5. The molecule has 0 saturated carbocycles. The first kappa shape index (κ1) is 24.8. The third-order valence-electron chi connectivity index (χ3n) is 4.88. The maximum Gasteiger partial charge on any atom is 0.328 e. The lowest BCUT2D eigenvalue weighted by molar-refractivity contribution is -0.142. The summed E-state index contributed by atoms with van der Waals surface area (Å²) in [6.45, 7) is 8.02. The zero-order chi connectivity index (χ0) is 23.8. The lowest BCUT2D eigenvalue weighted by Crippen LogP contribution is -2.45. The van der Waals surface area contributed by atoms with E-state index in [0.717, 1.165) is 5.56 Å². The van der Waals surface area contributed by atoms with Gasteiger partial charge >= 0.3 is 5.97 Å². The molecule has 0 spiro atoms. The fourth-order valence-corrected chi connectivity index (χ4v) is 3.03. The number of esters is 1. The predicted octanol–water partition coefficient (Wildman–Crippen LogP) is 2.33. The van der Waals surface area contributed by atoms with E-state index >= 15 is 0 Å². The van der Waals surface area contributed by atoms with Gasteiger partial charge in [-0.25, -0.2) is 4.79 Å². The van der Waals surface area contributed by atoms with Gasteiger partial charge in [0.2, 0.25) is 5.43 Å². The number of methoxy groups -OCH3 is 1. The van der Waals surface area contributed by atoms with Crippen LogP contribution in [0.2, 0.25) is 0 Å². The van der Waals surface area contributed by atoms with E-state index in [4.69, 9.17) is 4.74 Å². The quantitative estimate of drug-likeness (QED) is 0.581. The third-order valence-corrected chi connectivity index (χ3v) is 4.88. The molecule has 2 aromatic rings. The second-order valence-electron chi connectivity index (χ2n) is 8.30. The summed E-state index contributed by atoms with van der Waals surface area (Å²) in [6.07, 6.45) is 3.05. The van der Waals surface area contributed by atoms with Gasteiger partial charge in [0.05, 0.1) is 7.11 Å². The maximum absolute atomic E-state index is 13.0. The number of aromatic nitrogens is 1. The van der Waals surface area contributed by atoms with Gasteiger partial charge < -0.3 is 19.9 Å². The molecule has 172 valence electrons. The maximum atomic E-state index is 13.0. The van der Waals surface area contributed by atoms with Crippen LogP contribution in [0.25, 0.3) is 0 Å². The second-order valence-corrected chi connectivity index (χ2v) is 8.30. The van der Waals surface area contributed by atoms with E-state index in [1.807, 2.05) is 58.0 Å². The van der Waals surface area contributed by atoms with Crippen molar-refractivity contribution in [2.24, 2.45) is 5.92 Å². The Balaban J connectivity index is 2.38. The molecule has 32 heavy (non-hydrogen) atoms. The summed E-state index contributed by atoms with van der Waals surface area (Å²) >= 11 is 0. The Morgan fingerprint density at radius 2 is 1.56 bits per heavy atom. The summed E-state index contributed by atoms with van der Waals surface area (Å²) in [4.78, 5) is 50.9. The number of amides is 2. The lowest BCUT2D eigenvalue weighted by Gasteiger charge is -2.18. The molecule has 2 rings (SSSR count). The van der Waals surface area contributed by atoms with Crippen LogP contribution in [0.15, 0.2) is 47.5 Å². The van der Waals surface area contributed by atoms with Gasteiger partial charge in [0, 0.05) is 31.4 Å². The minimum atomic E-state index is -0.986. The standard InChI is InChI=1S/C24H31N3O5/c1-15(2)12-25-22(29)18-13-27(16(3)4)14-19(21(18)28)23(30)26-20(24(31)32-5)11-17-9-7-6-8-10-17/h6-10,13-16,20H,11-12H2,1-5H3,(H,25,29)(H,26,30)/t20-/m0/s1. The number of hydrogen-bond acceptors (Lipinski definition) is 5. The zero-order valence-electron chi connectivity index (χ0n) is 19.2. The first-order chi connectivity index (χ1) is 15.1. The van der Waals surface area contributed by atoms with Gasteiger partial charge in [0.1, 0.15) is 17.2 Å². The predicted molar refractivity (Wildman–Crippen MR) is 122 cm³/mol. The van der Waals surface area contributed by atoms with Crippen LogP contribution >= 0.6 is 0 Å². The molecule has 0 aliphatic heterocycles. The number of carbonyl (C=O) groups excluding carboxylic acids is 3. The highest BCUT2D eigenvalue weighted by molar-refractivity contribution is 6.00. The van der Waals surface area contributed by atoms with Crippen molar-refractivity contribution in [2.75, 3.05) is 13.7 Å². The molecule has 0 bridgehead atoms. The van der Waals surface area contributed by atoms with E-state index in [1.165, 1.54) is 19.5 Å². The van der Waals surface area contributed by atoms with Crippen molar-refractivity contribution in [1.82, 2.24) is 15.2 Å². The van der Waals surface area contributed by atoms with Gasteiger partial charge in [0.15, 0.2) is 0 Å². The highest BCUT2D eigenvalue weighted by atomic mass is 16.5. The normalized spacial score (nSPS) is 11.8. The van der Waals surface area contributed by atoms with Crippen molar-refractivity contribution < 1.29 is 19.1 Å².